The molecule has 7 heteroatoms. The fourth-order valence-corrected chi connectivity index (χ4v) is 2.44. The van der Waals surface area contributed by atoms with E-state index in [4.69, 9.17) is 9.84 Å². The van der Waals surface area contributed by atoms with Gasteiger partial charge in [0.1, 0.15) is 6.67 Å². The zero-order valence-electron chi connectivity index (χ0n) is 12.2. The van der Waals surface area contributed by atoms with E-state index in [0.29, 0.717) is 19.4 Å². The lowest BCUT2D eigenvalue weighted by molar-refractivity contribution is -0.143. The third-order valence-corrected chi connectivity index (χ3v) is 3.67. The van der Waals surface area contributed by atoms with Crippen molar-refractivity contribution in [3.05, 3.63) is 34.3 Å². The highest BCUT2D eigenvalue weighted by Gasteiger charge is 2.25. The summed E-state index contributed by atoms with van der Waals surface area (Å²) in [6.45, 7) is -0.783. The summed E-state index contributed by atoms with van der Waals surface area (Å²) in [4.78, 5) is 23.0. The topological polar surface area (TPSA) is 75.6 Å². The lowest BCUT2D eigenvalue weighted by Gasteiger charge is -2.19. The summed E-state index contributed by atoms with van der Waals surface area (Å²) in [5, 5.41) is 11.0. The average Bonchev–Trinajstić information content (AvgIpc) is 2.48. The lowest BCUT2D eigenvalue weighted by atomic mass is 9.95. The second-order valence-electron chi connectivity index (χ2n) is 4.87. The summed E-state index contributed by atoms with van der Waals surface area (Å²) in [6.07, 6.45) is 0.848. The van der Waals surface area contributed by atoms with Crippen LogP contribution in [0.4, 0.5) is 4.39 Å². The Bertz CT molecular complexity index is 512. The van der Waals surface area contributed by atoms with Gasteiger partial charge in [0.25, 0.3) is 0 Å². The Morgan fingerprint density at radius 3 is 2.73 bits per heavy atom. The number of methoxy groups -OCH3 is 1. The van der Waals surface area contributed by atoms with E-state index in [2.05, 4.69) is 21.2 Å². The van der Waals surface area contributed by atoms with Gasteiger partial charge in [-0.15, -0.1) is 0 Å². The van der Waals surface area contributed by atoms with Crippen molar-refractivity contribution in [1.82, 2.24) is 5.32 Å². The number of ether oxygens (including phenoxy) is 1. The predicted molar refractivity (Wildman–Crippen MR) is 83.4 cm³/mol. The normalized spacial score (nSPS) is 13.4. The highest BCUT2D eigenvalue weighted by molar-refractivity contribution is 9.10. The van der Waals surface area contributed by atoms with Crippen LogP contribution in [0.15, 0.2) is 28.7 Å². The minimum Gasteiger partial charge on any atom is -0.480 e. The maximum absolute atomic E-state index is 12.6. The highest BCUT2D eigenvalue weighted by atomic mass is 79.9. The summed E-state index contributed by atoms with van der Waals surface area (Å²) in [6, 6.07) is 5.97. The standard InChI is InChI=1S/C15H19BrFNO4/c1-22-6-5-11(7-10-3-2-4-12(16)8-10)14(19)18-13(9-17)15(20)21/h2-4,8,11,13H,5-7,9H2,1H3,(H,18,19)(H,20,21). The number of amides is 1. The Hall–Kier alpha value is -1.47. The van der Waals surface area contributed by atoms with E-state index in [9.17, 15) is 14.0 Å². The molecule has 122 valence electrons. The van der Waals surface area contributed by atoms with Crippen LogP contribution in [-0.4, -0.2) is 43.4 Å². The molecule has 0 saturated carbocycles. The summed E-state index contributed by atoms with van der Waals surface area (Å²) < 4.78 is 18.5. The van der Waals surface area contributed by atoms with Gasteiger partial charge in [0.2, 0.25) is 5.91 Å². The fourth-order valence-electron chi connectivity index (χ4n) is 1.99. The number of halogens is 2. The van der Waals surface area contributed by atoms with E-state index in [1.165, 1.54) is 7.11 Å². The predicted octanol–water partition coefficient (Wildman–Crippen LogP) is 2.18. The number of carboxylic acid groups (broad SMARTS) is 1. The van der Waals surface area contributed by atoms with Crippen molar-refractivity contribution in [1.29, 1.82) is 0 Å². The van der Waals surface area contributed by atoms with Crippen molar-refractivity contribution in [2.24, 2.45) is 5.92 Å². The molecule has 0 radical (unpaired) electrons. The first-order valence-electron chi connectivity index (χ1n) is 6.80. The largest absolute Gasteiger partial charge is 0.480 e. The van der Waals surface area contributed by atoms with Gasteiger partial charge in [0, 0.05) is 24.1 Å². The minimum atomic E-state index is -1.51. The first-order valence-corrected chi connectivity index (χ1v) is 7.59. The third-order valence-electron chi connectivity index (χ3n) is 3.18. The van der Waals surface area contributed by atoms with Crippen molar-refractivity contribution in [2.75, 3.05) is 20.4 Å². The molecule has 0 saturated heterocycles. The zero-order chi connectivity index (χ0) is 16.5. The number of alkyl halides is 1. The Morgan fingerprint density at radius 1 is 1.45 bits per heavy atom. The number of hydrogen-bond acceptors (Lipinski definition) is 3. The van der Waals surface area contributed by atoms with Gasteiger partial charge in [-0.1, -0.05) is 28.1 Å². The Kier molecular flexibility index (Phi) is 8.05. The third kappa shape index (κ3) is 6.11. The van der Waals surface area contributed by atoms with Crippen LogP contribution in [0.3, 0.4) is 0 Å². The van der Waals surface area contributed by atoms with E-state index in [1.807, 2.05) is 24.3 Å². The molecule has 1 aromatic rings. The molecule has 0 aliphatic rings. The van der Waals surface area contributed by atoms with Gasteiger partial charge >= 0.3 is 5.97 Å². The van der Waals surface area contributed by atoms with Crippen molar-refractivity contribution in [3.8, 4) is 0 Å². The van der Waals surface area contributed by atoms with Gasteiger partial charge in [-0.05, 0) is 30.5 Å². The number of benzene rings is 1. The molecular formula is C15H19BrFNO4. The first-order chi connectivity index (χ1) is 10.5. The van der Waals surface area contributed by atoms with Gasteiger partial charge in [-0.3, -0.25) is 4.79 Å². The van der Waals surface area contributed by atoms with E-state index in [-0.39, 0.29) is 0 Å². The minimum absolute atomic E-state index is 0.361. The molecule has 1 rings (SSSR count). The summed E-state index contributed by atoms with van der Waals surface area (Å²) in [5.41, 5.74) is 0.928. The molecule has 22 heavy (non-hydrogen) atoms. The van der Waals surface area contributed by atoms with Gasteiger partial charge in [-0.2, -0.15) is 0 Å². The lowest BCUT2D eigenvalue weighted by Crippen LogP contribution is -2.45. The second-order valence-corrected chi connectivity index (χ2v) is 5.78. The van der Waals surface area contributed by atoms with E-state index in [0.717, 1.165) is 10.0 Å². The number of aliphatic carboxylic acids is 1. The van der Waals surface area contributed by atoms with Crippen LogP contribution in [0.5, 0.6) is 0 Å². The van der Waals surface area contributed by atoms with Gasteiger partial charge in [0.05, 0.1) is 0 Å². The number of carbonyl (C=O) groups is 2. The molecule has 1 aromatic carbocycles. The number of hydrogen-bond donors (Lipinski definition) is 2. The van der Waals surface area contributed by atoms with Crippen LogP contribution in [-0.2, 0) is 20.7 Å². The molecule has 1 amide bonds. The Labute approximate surface area is 137 Å². The summed E-state index contributed by atoms with van der Waals surface area (Å²) in [5.74, 6) is -2.35. The number of nitrogens with one attached hydrogen (secondary N) is 1. The SMILES string of the molecule is COCCC(Cc1cccc(Br)c1)C(=O)NC(CF)C(=O)O. The summed E-state index contributed by atoms with van der Waals surface area (Å²) >= 11 is 3.36. The van der Waals surface area contributed by atoms with Crippen molar-refractivity contribution in [2.45, 2.75) is 18.9 Å². The van der Waals surface area contributed by atoms with Crippen molar-refractivity contribution < 1.29 is 23.8 Å². The number of carbonyl (C=O) groups excluding carboxylic acids is 1. The van der Waals surface area contributed by atoms with Crippen LogP contribution in [0, 0.1) is 5.92 Å². The number of carboxylic acids is 1. The number of rotatable bonds is 9. The molecule has 2 N–H and O–H groups in total. The highest BCUT2D eigenvalue weighted by Crippen LogP contribution is 2.17. The molecule has 0 aromatic heterocycles. The molecule has 0 heterocycles. The van der Waals surface area contributed by atoms with E-state index >= 15 is 0 Å². The van der Waals surface area contributed by atoms with Gasteiger partial charge in [-0.25, -0.2) is 9.18 Å². The quantitative estimate of drug-likeness (QED) is 0.693. The molecule has 2 unspecified atom stereocenters. The van der Waals surface area contributed by atoms with Gasteiger partial charge in [0.15, 0.2) is 6.04 Å². The molecule has 0 bridgehead atoms. The van der Waals surface area contributed by atoms with Crippen LogP contribution < -0.4 is 5.32 Å². The molecule has 5 nitrogen and oxygen atoms in total. The average molecular weight is 376 g/mol. The first kappa shape index (κ1) is 18.6. The molecular weight excluding hydrogens is 357 g/mol. The zero-order valence-corrected chi connectivity index (χ0v) is 13.8. The van der Waals surface area contributed by atoms with Crippen LogP contribution in [0.2, 0.25) is 0 Å². The van der Waals surface area contributed by atoms with Crippen LogP contribution in [0.25, 0.3) is 0 Å². The van der Waals surface area contributed by atoms with E-state index in [1.54, 1.807) is 0 Å². The van der Waals surface area contributed by atoms with E-state index < -0.39 is 30.5 Å². The molecule has 0 spiro atoms. The molecule has 0 fully saturated rings. The molecule has 0 aliphatic heterocycles. The maximum atomic E-state index is 12.6. The van der Waals surface area contributed by atoms with Crippen molar-refractivity contribution >= 4 is 27.8 Å². The second kappa shape index (κ2) is 9.53. The smallest absolute Gasteiger partial charge is 0.328 e. The summed E-state index contributed by atoms with van der Waals surface area (Å²) in [7, 11) is 1.52. The van der Waals surface area contributed by atoms with Crippen molar-refractivity contribution in [3.63, 3.8) is 0 Å². The maximum Gasteiger partial charge on any atom is 0.328 e. The van der Waals surface area contributed by atoms with Crippen LogP contribution in [0.1, 0.15) is 12.0 Å². The molecule has 0 aliphatic carbocycles. The van der Waals surface area contributed by atoms with Crippen LogP contribution >= 0.6 is 15.9 Å². The fraction of sp³-hybridized carbons (Fsp3) is 0.467. The Balaban J connectivity index is 2.78. The monoisotopic (exact) mass is 375 g/mol. The van der Waals surface area contributed by atoms with Gasteiger partial charge < -0.3 is 15.2 Å². The Morgan fingerprint density at radius 2 is 2.18 bits per heavy atom. The molecule has 2 atom stereocenters.